The Morgan fingerprint density at radius 2 is 1.93 bits per heavy atom. The van der Waals surface area contributed by atoms with Gasteiger partial charge in [0.15, 0.2) is 0 Å². The highest BCUT2D eigenvalue weighted by Gasteiger charge is 2.03. The van der Waals surface area contributed by atoms with Gasteiger partial charge in [0, 0.05) is 20.2 Å². The fourth-order valence-corrected chi connectivity index (χ4v) is 2.95. The average molecular weight is 197 g/mol. The Bertz CT molecular complexity index is 605. The van der Waals surface area contributed by atoms with Gasteiger partial charge in [-0.25, -0.2) is 0 Å². The van der Waals surface area contributed by atoms with Crippen molar-refractivity contribution in [3.05, 3.63) is 48.0 Å². The van der Waals surface area contributed by atoms with Crippen molar-refractivity contribution in [1.29, 1.82) is 0 Å². The minimum atomic E-state index is 1.21. The molecule has 3 aromatic rings. The van der Waals surface area contributed by atoms with Crippen LogP contribution in [0.3, 0.4) is 0 Å². The molecule has 1 aromatic heterocycles. The highest BCUT2D eigenvalue weighted by Crippen LogP contribution is 2.33. The van der Waals surface area contributed by atoms with Crippen LogP contribution in [0.2, 0.25) is 0 Å². The number of hydrogen-bond acceptors (Lipinski definition) is 1. The summed E-state index contributed by atoms with van der Waals surface area (Å²) in [5.41, 5.74) is 1.21. The lowest BCUT2D eigenvalue weighted by atomic mass is 10.1. The van der Waals surface area contributed by atoms with Crippen LogP contribution in [-0.2, 0) is 0 Å². The van der Waals surface area contributed by atoms with E-state index in [0.29, 0.717) is 0 Å². The molecule has 0 aliphatic rings. The van der Waals surface area contributed by atoms with E-state index in [2.05, 4.69) is 49.4 Å². The predicted molar refractivity (Wildman–Crippen MR) is 62.9 cm³/mol. The Morgan fingerprint density at radius 1 is 1.07 bits per heavy atom. The van der Waals surface area contributed by atoms with E-state index in [1.54, 1.807) is 0 Å². The lowest BCUT2D eigenvalue weighted by Crippen LogP contribution is -1.69. The van der Waals surface area contributed by atoms with Gasteiger partial charge in [-0.1, -0.05) is 18.2 Å². The van der Waals surface area contributed by atoms with Gasteiger partial charge >= 0.3 is 0 Å². The molecule has 0 atom stereocenters. The molecule has 1 heteroatoms. The average Bonchev–Trinajstić information content (AvgIpc) is 2.54. The lowest BCUT2D eigenvalue weighted by molar-refractivity contribution is 1.50. The molecule has 67 valence electrons. The molecule has 0 spiro atoms. The molecule has 0 amide bonds. The van der Waals surface area contributed by atoms with Crippen LogP contribution in [0.25, 0.3) is 20.2 Å². The summed E-state index contributed by atoms with van der Waals surface area (Å²) >= 11 is 1.86. The van der Waals surface area contributed by atoms with Crippen LogP contribution in [0.15, 0.2) is 36.4 Å². The maximum absolute atomic E-state index is 3.26. The van der Waals surface area contributed by atoms with Gasteiger partial charge in [0.2, 0.25) is 0 Å². The van der Waals surface area contributed by atoms with Crippen LogP contribution >= 0.6 is 11.3 Å². The second-order valence-corrected chi connectivity index (χ2v) is 4.58. The molecule has 0 aliphatic heterocycles. The third kappa shape index (κ3) is 1.06. The quantitative estimate of drug-likeness (QED) is 0.507. The van der Waals surface area contributed by atoms with Gasteiger partial charge in [-0.2, -0.15) is 0 Å². The van der Waals surface area contributed by atoms with Gasteiger partial charge in [-0.05, 0) is 36.8 Å². The Kier molecular flexibility index (Phi) is 1.62. The van der Waals surface area contributed by atoms with Crippen molar-refractivity contribution in [3.8, 4) is 0 Å². The third-order valence-electron chi connectivity index (χ3n) is 2.45. The zero-order chi connectivity index (χ0) is 9.54. The van der Waals surface area contributed by atoms with Gasteiger partial charge in [0.25, 0.3) is 0 Å². The standard InChI is InChI=1S/C13H9S/c1-9-6-7-11-10-4-2-3-5-12(10)14-13(11)8-9/h2-5,7-8H,1H3. The van der Waals surface area contributed by atoms with E-state index >= 15 is 0 Å². The van der Waals surface area contributed by atoms with E-state index in [1.165, 1.54) is 25.7 Å². The molecule has 0 nitrogen and oxygen atoms in total. The van der Waals surface area contributed by atoms with E-state index < -0.39 is 0 Å². The Morgan fingerprint density at radius 3 is 2.86 bits per heavy atom. The second-order valence-electron chi connectivity index (χ2n) is 3.49. The van der Waals surface area contributed by atoms with Crippen LogP contribution in [0, 0.1) is 13.0 Å². The zero-order valence-corrected chi connectivity index (χ0v) is 8.69. The highest BCUT2D eigenvalue weighted by molar-refractivity contribution is 7.25. The summed E-state index contributed by atoms with van der Waals surface area (Å²) in [6.45, 7) is 2.09. The summed E-state index contributed by atoms with van der Waals surface area (Å²) in [4.78, 5) is 0. The van der Waals surface area contributed by atoms with Crippen molar-refractivity contribution >= 4 is 31.5 Å². The molecule has 0 fully saturated rings. The molecule has 0 saturated carbocycles. The molecular formula is C13H9S. The minimum absolute atomic E-state index is 1.21. The number of rotatable bonds is 0. The van der Waals surface area contributed by atoms with Crippen LogP contribution in [-0.4, -0.2) is 0 Å². The Hall–Kier alpha value is -1.34. The van der Waals surface area contributed by atoms with Gasteiger partial charge < -0.3 is 0 Å². The zero-order valence-electron chi connectivity index (χ0n) is 7.87. The number of aryl methyl sites for hydroxylation is 1. The van der Waals surface area contributed by atoms with E-state index in [1.807, 2.05) is 11.3 Å². The van der Waals surface area contributed by atoms with E-state index in [0.717, 1.165) is 0 Å². The molecular weight excluding hydrogens is 188 g/mol. The summed E-state index contributed by atoms with van der Waals surface area (Å²) < 4.78 is 2.73. The fourth-order valence-electron chi connectivity index (χ4n) is 1.76. The summed E-state index contributed by atoms with van der Waals surface area (Å²) in [5.74, 6) is 0. The topological polar surface area (TPSA) is 0 Å². The predicted octanol–water partition coefficient (Wildman–Crippen LogP) is 4.16. The molecule has 0 bridgehead atoms. The first-order chi connectivity index (χ1) is 6.84. The number of benzene rings is 2. The molecule has 2 aromatic carbocycles. The van der Waals surface area contributed by atoms with Crippen LogP contribution in [0.5, 0.6) is 0 Å². The van der Waals surface area contributed by atoms with Crippen molar-refractivity contribution in [2.45, 2.75) is 6.92 Å². The molecule has 0 aliphatic carbocycles. The summed E-state index contributed by atoms with van der Waals surface area (Å²) in [6.07, 6.45) is 0. The SMILES string of the molecule is Cc1[c]cc2c(c1)sc1ccccc12. The van der Waals surface area contributed by atoms with Gasteiger partial charge in [-0.3, -0.25) is 0 Å². The van der Waals surface area contributed by atoms with E-state index in [9.17, 15) is 0 Å². The van der Waals surface area contributed by atoms with E-state index in [-0.39, 0.29) is 0 Å². The maximum Gasteiger partial charge on any atom is 0.0358 e. The minimum Gasteiger partial charge on any atom is -0.135 e. The van der Waals surface area contributed by atoms with Crippen molar-refractivity contribution in [1.82, 2.24) is 0 Å². The van der Waals surface area contributed by atoms with Gasteiger partial charge in [0.1, 0.15) is 0 Å². The molecule has 3 rings (SSSR count). The van der Waals surface area contributed by atoms with Crippen molar-refractivity contribution in [2.75, 3.05) is 0 Å². The van der Waals surface area contributed by atoms with Gasteiger partial charge in [-0.15, -0.1) is 11.3 Å². The molecule has 14 heavy (non-hydrogen) atoms. The fraction of sp³-hybridized carbons (Fsp3) is 0.0769. The van der Waals surface area contributed by atoms with Crippen LogP contribution < -0.4 is 0 Å². The summed E-state index contributed by atoms with van der Waals surface area (Å²) in [5, 5.41) is 2.68. The first-order valence-electron chi connectivity index (χ1n) is 4.64. The number of fused-ring (bicyclic) bond motifs is 3. The van der Waals surface area contributed by atoms with Crippen molar-refractivity contribution < 1.29 is 0 Å². The van der Waals surface area contributed by atoms with Crippen molar-refractivity contribution in [2.24, 2.45) is 0 Å². The number of thiophene rings is 1. The number of hydrogen-bond donors (Lipinski definition) is 0. The van der Waals surface area contributed by atoms with Gasteiger partial charge in [0.05, 0.1) is 0 Å². The van der Waals surface area contributed by atoms with Crippen LogP contribution in [0.4, 0.5) is 0 Å². The third-order valence-corrected chi connectivity index (χ3v) is 3.59. The second kappa shape index (κ2) is 2.82. The first kappa shape index (κ1) is 8.01. The molecule has 0 saturated heterocycles. The normalized spacial score (nSPS) is 11.2. The first-order valence-corrected chi connectivity index (χ1v) is 5.46. The van der Waals surface area contributed by atoms with Crippen molar-refractivity contribution in [3.63, 3.8) is 0 Å². The smallest absolute Gasteiger partial charge is 0.0358 e. The molecule has 1 radical (unpaired) electrons. The molecule has 0 N–H and O–H groups in total. The van der Waals surface area contributed by atoms with E-state index in [4.69, 9.17) is 0 Å². The van der Waals surface area contributed by atoms with Crippen LogP contribution in [0.1, 0.15) is 5.56 Å². The monoisotopic (exact) mass is 197 g/mol. The molecule has 1 heterocycles. The maximum atomic E-state index is 3.26. The highest BCUT2D eigenvalue weighted by atomic mass is 32.1. The largest absolute Gasteiger partial charge is 0.135 e. The summed E-state index contributed by atoms with van der Waals surface area (Å²) in [7, 11) is 0. The Balaban J connectivity index is 2.57. The lowest BCUT2D eigenvalue weighted by Gasteiger charge is -1.91. The Labute approximate surface area is 86.8 Å². The summed E-state index contributed by atoms with van der Waals surface area (Å²) in [6, 6.07) is 16.1. The molecule has 0 unspecified atom stereocenters.